The molecule has 0 aliphatic heterocycles. The van der Waals surface area contributed by atoms with Gasteiger partial charge >= 0.3 is 0 Å². The van der Waals surface area contributed by atoms with Crippen LogP contribution < -0.4 is 0 Å². The van der Waals surface area contributed by atoms with E-state index in [1.54, 1.807) is 24.4 Å². The van der Waals surface area contributed by atoms with Gasteiger partial charge in [0.25, 0.3) is 0 Å². The first-order valence-electron chi connectivity index (χ1n) is 6.46. The number of aromatic nitrogens is 1. The third kappa shape index (κ3) is 2.99. The molecule has 0 fully saturated rings. The molecule has 0 aliphatic carbocycles. The molecular formula is C17H11BrClNO. The lowest BCUT2D eigenvalue weighted by atomic mass is 10.0. The van der Waals surface area contributed by atoms with Crippen LogP contribution in [0.1, 0.15) is 15.9 Å². The van der Waals surface area contributed by atoms with Gasteiger partial charge in [-0.3, -0.25) is 9.78 Å². The normalized spacial score (nSPS) is 10.8. The molecule has 0 saturated heterocycles. The van der Waals surface area contributed by atoms with Crippen molar-refractivity contribution >= 4 is 44.2 Å². The first-order chi connectivity index (χ1) is 10.1. The van der Waals surface area contributed by atoms with Crippen LogP contribution in [0, 0.1) is 0 Å². The van der Waals surface area contributed by atoms with Crippen LogP contribution in [0.5, 0.6) is 0 Å². The highest BCUT2D eigenvalue weighted by atomic mass is 79.9. The van der Waals surface area contributed by atoms with Crippen LogP contribution in [0.2, 0.25) is 5.02 Å². The van der Waals surface area contributed by atoms with Crippen LogP contribution in [0.25, 0.3) is 10.9 Å². The van der Waals surface area contributed by atoms with E-state index >= 15 is 0 Å². The molecule has 1 heterocycles. The quantitative estimate of drug-likeness (QED) is 0.610. The molecule has 2 nitrogen and oxygen atoms in total. The summed E-state index contributed by atoms with van der Waals surface area (Å²) in [6.07, 6.45) is 2.06. The number of fused-ring (bicyclic) bond motifs is 1. The largest absolute Gasteiger partial charge is 0.294 e. The molecule has 0 atom stereocenters. The second-order valence-corrected chi connectivity index (χ2v) is 6.00. The highest BCUT2D eigenvalue weighted by Crippen LogP contribution is 2.24. The van der Waals surface area contributed by atoms with Crippen LogP contribution in [0.15, 0.2) is 59.2 Å². The monoisotopic (exact) mass is 359 g/mol. The van der Waals surface area contributed by atoms with Crippen molar-refractivity contribution in [1.82, 2.24) is 4.98 Å². The average molecular weight is 361 g/mol. The third-order valence-corrected chi connectivity index (χ3v) is 4.25. The van der Waals surface area contributed by atoms with Crippen molar-refractivity contribution in [3.05, 3.63) is 75.4 Å². The number of hydrogen-bond donors (Lipinski definition) is 0. The van der Waals surface area contributed by atoms with Gasteiger partial charge in [-0.1, -0.05) is 45.7 Å². The zero-order chi connectivity index (χ0) is 14.8. The number of para-hydroxylation sites is 1. The Balaban J connectivity index is 1.99. The van der Waals surface area contributed by atoms with E-state index < -0.39 is 0 Å². The molecule has 3 rings (SSSR count). The van der Waals surface area contributed by atoms with Gasteiger partial charge in [0.05, 0.1) is 5.52 Å². The van der Waals surface area contributed by atoms with Crippen LogP contribution >= 0.6 is 27.5 Å². The lowest BCUT2D eigenvalue weighted by Gasteiger charge is -2.07. The second kappa shape index (κ2) is 5.96. The van der Waals surface area contributed by atoms with Gasteiger partial charge in [0.15, 0.2) is 5.78 Å². The zero-order valence-electron chi connectivity index (χ0n) is 11.0. The average Bonchev–Trinajstić information content (AvgIpc) is 2.50. The minimum atomic E-state index is 0.0285. The fourth-order valence-electron chi connectivity index (χ4n) is 2.29. The highest BCUT2D eigenvalue weighted by Gasteiger charge is 2.13. The molecule has 0 amide bonds. The molecule has 0 radical (unpaired) electrons. The minimum Gasteiger partial charge on any atom is -0.294 e. The molecule has 1 aromatic heterocycles. The van der Waals surface area contributed by atoms with Gasteiger partial charge in [0.1, 0.15) is 0 Å². The number of rotatable bonds is 3. The van der Waals surface area contributed by atoms with Crippen molar-refractivity contribution in [2.75, 3.05) is 0 Å². The summed E-state index contributed by atoms with van der Waals surface area (Å²) in [7, 11) is 0. The number of Topliss-reactive ketones (excluding diaryl/α,β-unsaturated/α-hetero) is 1. The molecule has 0 unspecified atom stereocenters. The van der Waals surface area contributed by atoms with E-state index in [1.807, 2.05) is 30.3 Å². The Morgan fingerprint density at radius 1 is 1.14 bits per heavy atom. The summed E-state index contributed by atoms with van der Waals surface area (Å²) in [5, 5.41) is 1.56. The summed E-state index contributed by atoms with van der Waals surface area (Å²) < 4.78 is 0.760. The Morgan fingerprint density at radius 2 is 1.95 bits per heavy atom. The summed E-state index contributed by atoms with van der Waals surface area (Å²) >= 11 is 9.38. The fourth-order valence-corrected chi connectivity index (χ4v) is 2.93. The minimum absolute atomic E-state index is 0.0285. The molecule has 3 aromatic rings. The number of halogens is 2. The zero-order valence-corrected chi connectivity index (χ0v) is 13.4. The van der Waals surface area contributed by atoms with E-state index in [-0.39, 0.29) is 5.78 Å². The van der Waals surface area contributed by atoms with E-state index in [0.29, 0.717) is 17.0 Å². The number of nitrogens with zero attached hydrogens (tertiary/aromatic N) is 1. The molecule has 21 heavy (non-hydrogen) atoms. The maximum absolute atomic E-state index is 12.5. The van der Waals surface area contributed by atoms with Crippen LogP contribution in [0.3, 0.4) is 0 Å². The molecular weight excluding hydrogens is 350 g/mol. The second-order valence-electron chi connectivity index (χ2n) is 4.71. The first-order valence-corrected chi connectivity index (χ1v) is 7.63. The summed E-state index contributed by atoms with van der Waals surface area (Å²) in [5.74, 6) is 0.0285. The van der Waals surface area contributed by atoms with Crippen molar-refractivity contribution in [2.45, 2.75) is 6.42 Å². The van der Waals surface area contributed by atoms with Gasteiger partial charge in [-0.25, -0.2) is 0 Å². The Labute approximate surface area is 135 Å². The molecule has 104 valence electrons. The van der Waals surface area contributed by atoms with Crippen molar-refractivity contribution < 1.29 is 4.79 Å². The Morgan fingerprint density at radius 3 is 2.81 bits per heavy atom. The highest BCUT2D eigenvalue weighted by molar-refractivity contribution is 9.10. The summed E-state index contributed by atoms with van der Waals surface area (Å²) in [5.41, 5.74) is 2.47. The summed E-state index contributed by atoms with van der Waals surface area (Å²) in [4.78, 5) is 16.8. The van der Waals surface area contributed by atoms with Crippen LogP contribution in [-0.2, 0) is 6.42 Å². The molecule has 0 N–H and O–H groups in total. The number of pyridine rings is 1. The molecule has 0 saturated carbocycles. The van der Waals surface area contributed by atoms with Gasteiger partial charge in [-0.2, -0.15) is 0 Å². The Kier molecular flexibility index (Phi) is 4.04. The number of benzene rings is 2. The predicted octanol–water partition coefficient (Wildman–Crippen LogP) is 5.08. The lowest BCUT2D eigenvalue weighted by molar-refractivity contribution is 0.0992. The van der Waals surface area contributed by atoms with Gasteiger partial charge in [0.2, 0.25) is 0 Å². The fraction of sp³-hybridized carbons (Fsp3) is 0.0588. The third-order valence-electron chi connectivity index (χ3n) is 3.32. The molecule has 2 aromatic carbocycles. The first kappa shape index (κ1) is 14.2. The van der Waals surface area contributed by atoms with Gasteiger partial charge < -0.3 is 0 Å². The predicted molar refractivity (Wildman–Crippen MR) is 88.9 cm³/mol. The van der Waals surface area contributed by atoms with E-state index in [4.69, 9.17) is 11.6 Å². The van der Waals surface area contributed by atoms with E-state index in [1.165, 1.54) is 0 Å². The SMILES string of the molecule is O=C(Cc1ccnc2ccccc12)c1cc(Cl)ccc1Br. The Hall–Kier alpha value is -1.71. The number of carbonyl (C=O) groups excluding carboxylic acids is 1. The van der Waals surface area contributed by atoms with E-state index in [2.05, 4.69) is 20.9 Å². The smallest absolute Gasteiger partial charge is 0.168 e. The Bertz CT molecular complexity index is 827. The van der Waals surface area contributed by atoms with Gasteiger partial charge in [-0.15, -0.1) is 0 Å². The standard InChI is InChI=1S/C17H11BrClNO/c18-15-6-5-12(19)10-14(15)17(21)9-11-7-8-20-16-4-2-1-3-13(11)16/h1-8,10H,9H2. The molecule has 0 aliphatic rings. The van der Waals surface area contributed by atoms with E-state index in [9.17, 15) is 4.79 Å². The molecule has 4 heteroatoms. The van der Waals surface area contributed by atoms with E-state index in [0.717, 1.165) is 20.9 Å². The molecule has 0 bridgehead atoms. The van der Waals surface area contributed by atoms with Crippen molar-refractivity contribution in [1.29, 1.82) is 0 Å². The number of carbonyl (C=O) groups is 1. The maximum atomic E-state index is 12.5. The van der Waals surface area contributed by atoms with Crippen LogP contribution in [0.4, 0.5) is 0 Å². The summed E-state index contributed by atoms with van der Waals surface area (Å²) in [6.45, 7) is 0. The van der Waals surface area contributed by atoms with Gasteiger partial charge in [0, 0.05) is 33.1 Å². The maximum Gasteiger partial charge on any atom is 0.168 e. The van der Waals surface area contributed by atoms with Crippen LogP contribution in [-0.4, -0.2) is 10.8 Å². The van der Waals surface area contributed by atoms with Crippen molar-refractivity contribution in [3.63, 3.8) is 0 Å². The number of hydrogen-bond acceptors (Lipinski definition) is 2. The number of ketones is 1. The molecule has 0 spiro atoms. The van der Waals surface area contributed by atoms with Crippen molar-refractivity contribution in [2.24, 2.45) is 0 Å². The van der Waals surface area contributed by atoms with Crippen molar-refractivity contribution in [3.8, 4) is 0 Å². The lowest BCUT2D eigenvalue weighted by Crippen LogP contribution is -2.05. The van der Waals surface area contributed by atoms with Gasteiger partial charge in [-0.05, 0) is 35.9 Å². The topological polar surface area (TPSA) is 30.0 Å². The summed E-state index contributed by atoms with van der Waals surface area (Å²) in [6, 6.07) is 14.9.